The SMILES string of the molecule is COC(=O)C(=O)CC(C)C. The Hall–Kier alpha value is -0.860. The second-order valence-corrected chi connectivity index (χ2v) is 2.51. The fourth-order valence-corrected chi connectivity index (χ4v) is 0.568. The molecular formula is C7H12O3. The van der Waals surface area contributed by atoms with Crippen molar-refractivity contribution in [2.45, 2.75) is 20.3 Å². The summed E-state index contributed by atoms with van der Waals surface area (Å²) in [4.78, 5) is 21.2. The van der Waals surface area contributed by atoms with E-state index in [1.54, 1.807) is 0 Å². The molecule has 0 unspecified atom stereocenters. The molecule has 58 valence electrons. The molecule has 0 saturated carbocycles. The highest BCUT2D eigenvalue weighted by Gasteiger charge is 2.14. The molecular weight excluding hydrogens is 132 g/mol. The van der Waals surface area contributed by atoms with Gasteiger partial charge in [-0.1, -0.05) is 13.8 Å². The van der Waals surface area contributed by atoms with E-state index in [2.05, 4.69) is 4.74 Å². The summed E-state index contributed by atoms with van der Waals surface area (Å²) >= 11 is 0. The fourth-order valence-electron chi connectivity index (χ4n) is 0.568. The number of Topliss-reactive ketones (excluding diaryl/α,β-unsaturated/α-hetero) is 1. The molecule has 0 saturated heterocycles. The highest BCUT2D eigenvalue weighted by Crippen LogP contribution is 2.00. The maximum absolute atomic E-state index is 10.7. The van der Waals surface area contributed by atoms with Crippen molar-refractivity contribution in [1.29, 1.82) is 0 Å². The van der Waals surface area contributed by atoms with Gasteiger partial charge in [-0.05, 0) is 5.92 Å². The summed E-state index contributed by atoms with van der Waals surface area (Å²) in [6.07, 6.45) is 0.271. The van der Waals surface area contributed by atoms with E-state index in [0.29, 0.717) is 0 Å². The zero-order valence-electron chi connectivity index (χ0n) is 6.51. The minimum Gasteiger partial charge on any atom is -0.463 e. The predicted molar refractivity (Wildman–Crippen MR) is 36.5 cm³/mol. The number of ether oxygens (including phenoxy) is 1. The smallest absolute Gasteiger partial charge is 0.374 e. The van der Waals surface area contributed by atoms with Crippen molar-refractivity contribution in [2.75, 3.05) is 7.11 Å². The molecule has 0 radical (unpaired) electrons. The van der Waals surface area contributed by atoms with Crippen LogP contribution in [0.4, 0.5) is 0 Å². The van der Waals surface area contributed by atoms with Crippen LogP contribution in [0.1, 0.15) is 20.3 Å². The molecule has 3 nitrogen and oxygen atoms in total. The number of ketones is 1. The Morgan fingerprint density at radius 2 is 1.90 bits per heavy atom. The third kappa shape index (κ3) is 3.22. The largest absolute Gasteiger partial charge is 0.463 e. The molecule has 0 N–H and O–H groups in total. The average Bonchev–Trinajstić information content (AvgIpc) is 1.85. The summed E-state index contributed by atoms with van der Waals surface area (Å²) in [5.74, 6) is -0.974. The third-order valence-corrected chi connectivity index (χ3v) is 1.01. The third-order valence-electron chi connectivity index (χ3n) is 1.01. The van der Waals surface area contributed by atoms with Crippen LogP contribution in [0, 0.1) is 5.92 Å². The van der Waals surface area contributed by atoms with Crippen LogP contribution in [0.2, 0.25) is 0 Å². The average molecular weight is 144 g/mol. The number of hydrogen-bond donors (Lipinski definition) is 0. The number of carbonyl (C=O) groups is 2. The van der Waals surface area contributed by atoms with E-state index in [0.717, 1.165) is 0 Å². The van der Waals surface area contributed by atoms with Gasteiger partial charge in [-0.25, -0.2) is 4.79 Å². The maximum Gasteiger partial charge on any atom is 0.374 e. The summed E-state index contributed by atoms with van der Waals surface area (Å²) in [5, 5.41) is 0. The molecule has 0 fully saturated rings. The molecule has 0 aromatic heterocycles. The standard InChI is InChI=1S/C7H12O3/c1-5(2)4-6(8)7(9)10-3/h5H,4H2,1-3H3. The van der Waals surface area contributed by atoms with Crippen molar-refractivity contribution in [3.05, 3.63) is 0 Å². The van der Waals surface area contributed by atoms with Crippen molar-refractivity contribution in [1.82, 2.24) is 0 Å². The number of hydrogen-bond acceptors (Lipinski definition) is 3. The summed E-state index contributed by atoms with van der Waals surface area (Å²) in [6.45, 7) is 3.75. The van der Waals surface area contributed by atoms with Crippen LogP contribution in [0.5, 0.6) is 0 Å². The Bertz CT molecular complexity index is 138. The van der Waals surface area contributed by atoms with Crippen molar-refractivity contribution in [2.24, 2.45) is 5.92 Å². The molecule has 0 aromatic rings. The van der Waals surface area contributed by atoms with Gasteiger partial charge in [0.25, 0.3) is 0 Å². The minimum absolute atomic E-state index is 0.214. The van der Waals surface area contributed by atoms with Gasteiger partial charge in [-0.2, -0.15) is 0 Å². The highest BCUT2D eigenvalue weighted by molar-refractivity contribution is 6.33. The van der Waals surface area contributed by atoms with Gasteiger partial charge in [0.15, 0.2) is 0 Å². The lowest BCUT2D eigenvalue weighted by atomic mass is 10.1. The lowest BCUT2D eigenvalue weighted by molar-refractivity contribution is -0.152. The van der Waals surface area contributed by atoms with Crippen LogP contribution in [0.15, 0.2) is 0 Å². The molecule has 10 heavy (non-hydrogen) atoms. The number of methoxy groups -OCH3 is 1. The molecule has 0 bridgehead atoms. The van der Waals surface area contributed by atoms with Crippen molar-refractivity contribution in [3.63, 3.8) is 0 Å². The fraction of sp³-hybridized carbons (Fsp3) is 0.714. The van der Waals surface area contributed by atoms with Gasteiger partial charge in [0, 0.05) is 6.42 Å². The Morgan fingerprint density at radius 1 is 1.40 bits per heavy atom. The van der Waals surface area contributed by atoms with Crippen LogP contribution >= 0.6 is 0 Å². The lowest BCUT2D eigenvalue weighted by Gasteiger charge is -2.00. The molecule has 0 aromatic carbocycles. The summed E-state index contributed by atoms with van der Waals surface area (Å²) in [7, 11) is 1.21. The van der Waals surface area contributed by atoms with E-state index in [4.69, 9.17) is 0 Å². The molecule has 0 amide bonds. The van der Waals surface area contributed by atoms with Crippen LogP contribution in [0.25, 0.3) is 0 Å². The molecule has 0 spiro atoms. The van der Waals surface area contributed by atoms with Crippen LogP contribution in [0.3, 0.4) is 0 Å². The quantitative estimate of drug-likeness (QED) is 0.434. The van der Waals surface area contributed by atoms with Gasteiger partial charge in [0.1, 0.15) is 0 Å². The summed E-state index contributed by atoms with van der Waals surface area (Å²) in [6, 6.07) is 0. The van der Waals surface area contributed by atoms with E-state index in [9.17, 15) is 9.59 Å². The van der Waals surface area contributed by atoms with E-state index < -0.39 is 11.8 Å². The van der Waals surface area contributed by atoms with Gasteiger partial charge in [0.05, 0.1) is 7.11 Å². The Kier molecular flexibility index (Phi) is 3.69. The molecule has 0 atom stereocenters. The molecule has 0 aliphatic carbocycles. The van der Waals surface area contributed by atoms with Crippen molar-refractivity contribution < 1.29 is 14.3 Å². The Balaban J connectivity index is 3.74. The van der Waals surface area contributed by atoms with Gasteiger partial charge in [-0.3, -0.25) is 4.79 Å². The predicted octanol–water partition coefficient (Wildman–Crippen LogP) is 0.775. The van der Waals surface area contributed by atoms with Crippen molar-refractivity contribution >= 4 is 11.8 Å². The monoisotopic (exact) mass is 144 g/mol. The number of esters is 1. The van der Waals surface area contributed by atoms with Crippen LogP contribution in [-0.4, -0.2) is 18.9 Å². The number of rotatable bonds is 3. The molecule has 0 rings (SSSR count). The zero-order chi connectivity index (χ0) is 8.15. The molecule has 0 aliphatic heterocycles. The van der Waals surface area contributed by atoms with Gasteiger partial charge in [0.2, 0.25) is 5.78 Å². The van der Waals surface area contributed by atoms with Gasteiger partial charge >= 0.3 is 5.97 Å². The van der Waals surface area contributed by atoms with E-state index in [1.165, 1.54) is 7.11 Å². The highest BCUT2D eigenvalue weighted by atomic mass is 16.5. The van der Waals surface area contributed by atoms with Crippen LogP contribution < -0.4 is 0 Å². The zero-order valence-corrected chi connectivity index (χ0v) is 6.51. The topological polar surface area (TPSA) is 43.4 Å². The second-order valence-electron chi connectivity index (χ2n) is 2.51. The summed E-state index contributed by atoms with van der Waals surface area (Å²) < 4.78 is 4.22. The first-order valence-corrected chi connectivity index (χ1v) is 3.19. The first kappa shape index (κ1) is 9.14. The van der Waals surface area contributed by atoms with E-state index in [1.807, 2.05) is 13.8 Å². The first-order valence-electron chi connectivity index (χ1n) is 3.19. The van der Waals surface area contributed by atoms with Gasteiger partial charge < -0.3 is 4.74 Å². The molecule has 0 aliphatic rings. The second kappa shape index (κ2) is 4.04. The van der Waals surface area contributed by atoms with Crippen molar-refractivity contribution in [3.8, 4) is 0 Å². The Labute approximate surface area is 60.4 Å². The first-order chi connectivity index (χ1) is 4.57. The normalized spacial score (nSPS) is 9.60. The van der Waals surface area contributed by atoms with E-state index >= 15 is 0 Å². The summed E-state index contributed by atoms with van der Waals surface area (Å²) in [5.41, 5.74) is 0. The molecule has 0 heterocycles. The van der Waals surface area contributed by atoms with Crippen LogP contribution in [-0.2, 0) is 14.3 Å². The minimum atomic E-state index is -0.742. The Morgan fingerprint density at radius 3 is 2.20 bits per heavy atom. The lowest BCUT2D eigenvalue weighted by Crippen LogP contribution is -2.16. The number of carbonyl (C=O) groups excluding carboxylic acids is 2. The maximum atomic E-state index is 10.7. The van der Waals surface area contributed by atoms with Gasteiger partial charge in [-0.15, -0.1) is 0 Å². The molecule has 3 heteroatoms. The van der Waals surface area contributed by atoms with E-state index in [-0.39, 0.29) is 12.3 Å².